The van der Waals surface area contributed by atoms with Crippen LogP contribution in [0.25, 0.3) is 10.2 Å². The molecule has 0 aromatic carbocycles. The molecule has 0 fully saturated rings. The summed E-state index contributed by atoms with van der Waals surface area (Å²) in [6, 6.07) is 0. The van der Waals surface area contributed by atoms with Crippen molar-refractivity contribution in [3.05, 3.63) is 10.4 Å². The lowest BCUT2D eigenvalue weighted by Gasteiger charge is -2.30. The number of fused-ring (bicyclic) bond motifs is 3. The largest absolute Gasteiger partial charge is 0.370 e. The zero-order valence-corrected chi connectivity index (χ0v) is 16.0. The molecule has 23 heavy (non-hydrogen) atoms. The van der Waals surface area contributed by atoms with Crippen LogP contribution in [0.4, 0.5) is 5.82 Å². The van der Waals surface area contributed by atoms with Crippen molar-refractivity contribution in [1.82, 2.24) is 9.97 Å². The number of hydrogen-bond donors (Lipinski definition) is 1. The van der Waals surface area contributed by atoms with Crippen molar-refractivity contribution in [2.24, 2.45) is 0 Å². The summed E-state index contributed by atoms with van der Waals surface area (Å²) in [5.41, 5.74) is 1.27. The molecule has 1 N–H and O–H groups in total. The molecule has 0 bridgehead atoms. The second-order valence-corrected chi connectivity index (χ2v) is 8.46. The van der Waals surface area contributed by atoms with Gasteiger partial charge in [-0.05, 0) is 32.1 Å². The smallest absolute Gasteiger partial charge is 0.190 e. The summed E-state index contributed by atoms with van der Waals surface area (Å²) in [4.78, 5) is 11.9. The number of anilines is 1. The molecule has 0 amide bonds. The molecule has 0 saturated carbocycles. The Morgan fingerprint density at radius 1 is 1.30 bits per heavy atom. The molecule has 1 aliphatic rings. The fraction of sp³-hybridized carbons (Fsp3) is 0.647. The molecule has 0 unspecified atom stereocenters. The Bertz CT molecular complexity index is 697. The Kier molecular flexibility index (Phi) is 5.13. The first kappa shape index (κ1) is 17.0. The van der Waals surface area contributed by atoms with E-state index in [0.29, 0.717) is 6.61 Å². The van der Waals surface area contributed by atoms with Crippen molar-refractivity contribution in [2.45, 2.75) is 63.8 Å². The van der Waals surface area contributed by atoms with E-state index >= 15 is 0 Å². The molecular formula is C17H25N3OS2. The first-order valence-corrected chi connectivity index (χ1v) is 10.3. The fourth-order valence-corrected chi connectivity index (χ4v) is 4.45. The second-order valence-electron chi connectivity index (χ2n) is 6.60. The van der Waals surface area contributed by atoms with Crippen LogP contribution < -0.4 is 5.32 Å². The van der Waals surface area contributed by atoms with E-state index in [1.54, 1.807) is 23.1 Å². The predicted molar refractivity (Wildman–Crippen MR) is 99.8 cm³/mol. The topological polar surface area (TPSA) is 47.0 Å². The maximum Gasteiger partial charge on any atom is 0.190 e. The van der Waals surface area contributed by atoms with Gasteiger partial charge in [-0.2, -0.15) is 0 Å². The highest BCUT2D eigenvalue weighted by atomic mass is 32.2. The number of ether oxygens (including phenoxy) is 1. The summed E-state index contributed by atoms with van der Waals surface area (Å²) in [5, 5.41) is 5.62. The summed E-state index contributed by atoms with van der Waals surface area (Å²) < 4.78 is 5.97. The third kappa shape index (κ3) is 3.64. The molecule has 4 nitrogen and oxygen atoms in total. The van der Waals surface area contributed by atoms with Crippen molar-refractivity contribution in [3.8, 4) is 0 Å². The van der Waals surface area contributed by atoms with Crippen molar-refractivity contribution in [1.29, 1.82) is 0 Å². The molecule has 6 heteroatoms. The van der Waals surface area contributed by atoms with Gasteiger partial charge in [0.2, 0.25) is 0 Å². The fourth-order valence-electron chi connectivity index (χ4n) is 2.93. The maximum atomic E-state index is 5.97. The highest BCUT2D eigenvalue weighted by Crippen LogP contribution is 2.41. The van der Waals surface area contributed by atoms with E-state index in [4.69, 9.17) is 14.7 Å². The van der Waals surface area contributed by atoms with Crippen LogP contribution in [0.15, 0.2) is 5.16 Å². The Hall–Kier alpha value is -0.850. The van der Waals surface area contributed by atoms with E-state index in [1.807, 2.05) is 6.26 Å². The maximum absolute atomic E-state index is 5.97. The normalized spacial score (nSPS) is 16.5. The highest BCUT2D eigenvalue weighted by Gasteiger charge is 2.30. The van der Waals surface area contributed by atoms with Crippen LogP contribution >= 0.6 is 23.1 Å². The van der Waals surface area contributed by atoms with Crippen LogP contribution in [0.5, 0.6) is 0 Å². The lowest BCUT2D eigenvalue weighted by Crippen LogP contribution is -2.31. The summed E-state index contributed by atoms with van der Waals surface area (Å²) in [5.74, 6) is 1.01. The number of nitrogens with zero attached hydrogens (tertiary/aromatic N) is 2. The average Bonchev–Trinajstić information content (AvgIpc) is 2.87. The highest BCUT2D eigenvalue weighted by molar-refractivity contribution is 7.98. The zero-order valence-electron chi connectivity index (χ0n) is 14.4. The Morgan fingerprint density at radius 3 is 2.87 bits per heavy atom. The predicted octanol–water partition coefficient (Wildman–Crippen LogP) is 4.87. The van der Waals surface area contributed by atoms with Gasteiger partial charge in [-0.25, -0.2) is 9.97 Å². The summed E-state index contributed by atoms with van der Waals surface area (Å²) in [7, 11) is 0. The summed E-state index contributed by atoms with van der Waals surface area (Å²) in [6.07, 6.45) is 6.61. The van der Waals surface area contributed by atoms with Gasteiger partial charge >= 0.3 is 0 Å². The molecule has 0 saturated heterocycles. The second kappa shape index (κ2) is 6.95. The van der Waals surface area contributed by atoms with Gasteiger partial charge in [-0.15, -0.1) is 11.3 Å². The van der Waals surface area contributed by atoms with Gasteiger partial charge in [-0.3, -0.25) is 0 Å². The van der Waals surface area contributed by atoms with Gasteiger partial charge in [0.05, 0.1) is 17.6 Å². The minimum atomic E-state index is -0.112. The molecule has 0 radical (unpaired) electrons. The van der Waals surface area contributed by atoms with Gasteiger partial charge in [0.1, 0.15) is 10.6 Å². The first-order valence-electron chi connectivity index (χ1n) is 8.28. The Balaban J connectivity index is 2.00. The molecule has 0 aliphatic carbocycles. The molecule has 0 spiro atoms. The number of hydrogen-bond acceptors (Lipinski definition) is 6. The number of unbranched alkanes of at least 4 members (excludes halogenated alkanes) is 2. The van der Waals surface area contributed by atoms with Crippen LogP contribution in [-0.4, -0.2) is 28.4 Å². The standard InChI is InChI=1S/C17H25N3OS2/c1-5-6-7-8-18-14-13-11-9-17(2,3)21-10-12(11)23-15(13)20-16(19-14)22-4/h5-10H2,1-4H3,(H,18,19,20). The van der Waals surface area contributed by atoms with E-state index in [9.17, 15) is 0 Å². The van der Waals surface area contributed by atoms with Crippen molar-refractivity contribution in [3.63, 3.8) is 0 Å². The van der Waals surface area contributed by atoms with Gasteiger partial charge in [0.25, 0.3) is 0 Å². The molecule has 126 valence electrons. The SMILES string of the molecule is CCCCCNc1nc(SC)nc2sc3c(c12)CC(C)(C)OC3. The monoisotopic (exact) mass is 351 g/mol. The first-order chi connectivity index (χ1) is 11.0. The zero-order chi connectivity index (χ0) is 16.4. The third-order valence-corrected chi connectivity index (χ3v) is 5.81. The summed E-state index contributed by atoms with van der Waals surface area (Å²) in [6.45, 7) is 8.20. The minimum absolute atomic E-state index is 0.112. The minimum Gasteiger partial charge on any atom is -0.370 e. The lowest BCUT2D eigenvalue weighted by molar-refractivity contribution is -0.0379. The van der Waals surface area contributed by atoms with Gasteiger partial charge in [0, 0.05) is 17.8 Å². The number of rotatable bonds is 6. The molecular weight excluding hydrogens is 326 g/mol. The number of thioether (sulfide) groups is 1. The van der Waals surface area contributed by atoms with Crippen molar-refractivity contribution in [2.75, 3.05) is 18.1 Å². The molecule has 3 heterocycles. The van der Waals surface area contributed by atoms with Gasteiger partial charge in [0.15, 0.2) is 5.16 Å². The lowest BCUT2D eigenvalue weighted by atomic mass is 9.94. The van der Waals surface area contributed by atoms with Gasteiger partial charge < -0.3 is 10.1 Å². The van der Waals surface area contributed by atoms with E-state index < -0.39 is 0 Å². The van der Waals surface area contributed by atoms with Crippen LogP contribution in [0.3, 0.4) is 0 Å². The van der Waals surface area contributed by atoms with E-state index in [2.05, 4.69) is 26.1 Å². The molecule has 0 atom stereocenters. The van der Waals surface area contributed by atoms with Crippen LogP contribution in [-0.2, 0) is 17.8 Å². The van der Waals surface area contributed by atoms with E-state index in [-0.39, 0.29) is 5.60 Å². The average molecular weight is 352 g/mol. The van der Waals surface area contributed by atoms with Crippen LogP contribution in [0, 0.1) is 0 Å². The third-order valence-electron chi connectivity index (χ3n) is 4.17. The van der Waals surface area contributed by atoms with Crippen molar-refractivity contribution >= 4 is 39.1 Å². The quantitative estimate of drug-likeness (QED) is 0.457. The Morgan fingerprint density at radius 2 is 2.13 bits per heavy atom. The Labute approximate surface area is 146 Å². The number of nitrogens with one attached hydrogen (secondary N) is 1. The van der Waals surface area contributed by atoms with Gasteiger partial charge in [-0.1, -0.05) is 31.5 Å². The number of thiophene rings is 1. The summed E-state index contributed by atoms with van der Waals surface area (Å²) >= 11 is 3.36. The van der Waals surface area contributed by atoms with E-state index in [1.165, 1.54) is 35.1 Å². The van der Waals surface area contributed by atoms with Crippen molar-refractivity contribution < 1.29 is 4.74 Å². The van der Waals surface area contributed by atoms with Crippen LogP contribution in [0.1, 0.15) is 50.5 Å². The van der Waals surface area contributed by atoms with E-state index in [0.717, 1.165) is 28.8 Å². The van der Waals surface area contributed by atoms with Crippen LogP contribution in [0.2, 0.25) is 0 Å². The molecule has 1 aliphatic heterocycles. The molecule has 3 rings (SSSR count). The molecule has 2 aromatic rings. The molecule has 2 aromatic heterocycles. The number of aromatic nitrogens is 2.